The maximum atomic E-state index is 12.4. The summed E-state index contributed by atoms with van der Waals surface area (Å²) in [4.78, 5) is 14.8. The van der Waals surface area contributed by atoms with E-state index in [1.807, 2.05) is 18.2 Å². The van der Waals surface area contributed by atoms with E-state index in [2.05, 4.69) is 34.3 Å². The molecule has 2 N–H and O–H groups in total. The molecule has 1 aliphatic rings. The Balaban J connectivity index is 1.65. The molecule has 0 saturated carbocycles. The van der Waals surface area contributed by atoms with Gasteiger partial charge in [-0.1, -0.05) is 20.3 Å². The molecule has 6 heteroatoms. The van der Waals surface area contributed by atoms with Gasteiger partial charge in [0.15, 0.2) is 0 Å². The molecule has 130 valence electrons. The Morgan fingerprint density at radius 3 is 2.79 bits per heavy atom. The van der Waals surface area contributed by atoms with Crippen molar-refractivity contribution in [2.45, 2.75) is 45.1 Å². The fourth-order valence-corrected chi connectivity index (χ4v) is 3.15. The second-order valence-corrected chi connectivity index (χ2v) is 6.70. The van der Waals surface area contributed by atoms with Gasteiger partial charge in [-0.15, -0.1) is 0 Å². The number of amides is 1. The summed E-state index contributed by atoms with van der Waals surface area (Å²) in [6.45, 7) is 6.75. The number of piperidine rings is 1. The molecule has 0 spiro atoms. The zero-order valence-electron chi connectivity index (χ0n) is 14.4. The number of nitrogens with one attached hydrogen (secondary N) is 2. The highest BCUT2D eigenvalue weighted by Gasteiger charge is 2.25. The van der Waals surface area contributed by atoms with Crippen molar-refractivity contribution in [3.8, 4) is 0 Å². The lowest BCUT2D eigenvalue weighted by molar-refractivity contribution is 0.0909. The van der Waals surface area contributed by atoms with E-state index in [1.165, 1.54) is 19.3 Å². The van der Waals surface area contributed by atoms with Gasteiger partial charge in [0.25, 0.3) is 5.91 Å². The van der Waals surface area contributed by atoms with Crippen LogP contribution >= 0.6 is 0 Å². The average Bonchev–Trinajstić information content (AvgIpc) is 3.28. The van der Waals surface area contributed by atoms with Gasteiger partial charge in [-0.25, -0.2) is 0 Å². The standard InChI is InChI=1S/C18H26N4O2/c1-13(2)14-11-15(21-20-14)18(23)19-12-16(17-7-6-10-24-17)22-8-4-3-5-9-22/h6-7,10-11,13,16H,3-5,8-9,12H2,1-2H3,(H,19,23)(H,20,21). The third-order valence-electron chi connectivity index (χ3n) is 4.61. The fraction of sp³-hybridized carbons (Fsp3) is 0.556. The Labute approximate surface area is 142 Å². The number of aromatic nitrogens is 2. The molecule has 6 nitrogen and oxygen atoms in total. The first-order valence-corrected chi connectivity index (χ1v) is 8.76. The summed E-state index contributed by atoms with van der Waals surface area (Å²) in [6.07, 6.45) is 5.36. The molecule has 1 atom stereocenters. The van der Waals surface area contributed by atoms with E-state index in [4.69, 9.17) is 4.42 Å². The maximum absolute atomic E-state index is 12.4. The highest BCUT2D eigenvalue weighted by atomic mass is 16.3. The lowest BCUT2D eigenvalue weighted by Gasteiger charge is -2.33. The molecule has 1 amide bonds. The summed E-state index contributed by atoms with van der Waals surface area (Å²) in [6, 6.07) is 5.78. The first-order chi connectivity index (χ1) is 11.6. The molecule has 1 aliphatic heterocycles. The Hall–Kier alpha value is -2.08. The Morgan fingerprint density at radius 2 is 2.17 bits per heavy atom. The summed E-state index contributed by atoms with van der Waals surface area (Å²) in [5.74, 6) is 1.08. The van der Waals surface area contributed by atoms with Crippen molar-refractivity contribution in [3.05, 3.63) is 41.6 Å². The van der Waals surface area contributed by atoms with Crippen LogP contribution in [0.15, 0.2) is 28.9 Å². The molecule has 3 heterocycles. The zero-order valence-corrected chi connectivity index (χ0v) is 14.4. The number of likely N-dealkylation sites (tertiary alicyclic amines) is 1. The van der Waals surface area contributed by atoms with Gasteiger partial charge in [0.2, 0.25) is 0 Å². The molecule has 0 bridgehead atoms. The molecule has 0 aromatic carbocycles. The van der Waals surface area contributed by atoms with Crippen LogP contribution in [0, 0.1) is 0 Å². The van der Waals surface area contributed by atoms with Crippen LogP contribution < -0.4 is 5.32 Å². The van der Waals surface area contributed by atoms with Crippen molar-refractivity contribution in [3.63, 3.8) is 0 Å². The molecular weight excluding hydrogens is 304 g/mol. The van der Waals surface area contributed by atoms with Crippen molar-refractivity contribution in [2.75, 3.05) is 19.6 Å². The number of rotatable bonds is 6. The largest absolute Gasteiger partial charge is 0.468 e. The number of carbonyl (C=O) groups is 1. The third-order valence-corrected chi connectivity index (χ3v) is 4.61. The van der Waals surface area contributed by atoms with Gasteiger partial charge < -0.3 is 9.73 Å². The summed E-state index contributed by atoms with van der Waals surface area (Å²) in [5.41, 5.74) is 1.41. The van der Waals surface area contributed by atoms with Crippen LogP contribution in [0.2, 0.25) is 0 Å². The Morgan fingerprint density at radius 1 is 1.38 bits per heavy atom. The lowest BCUT2D eigenvalue weighted by atomic mass is 10.1. The molecule has 2 aromatic heterocycles. The number of aromatic amines is 1. The molecule has 0 aliphatic carbocycles. The fourth-order valence-electron chi connectivity index (χ4n) is 3.15. The van der Waals surface area contributed by atoms with Crippen LogP contribution in [0.4, 0.5) is 0 Å². The Kier molecular flexibility index (Phi) is 5.35. The van der Waals surface area contributed by atoms with Crippen molar-refractivity contribution in [2.24, 2.45) is 0 Å². The Bertz CT molecular complexity index is 642. The van der Waals surface area contributed by atoms with Gasteiger partial charge in [-0.05, 0) is 50.0 Å². The lowest BCUT2D eigenvalue weighted by Crippen LogP contribution is -2.40. The van der Waals surface area contributed by atoms with Crippen molar-refractivity contribution >= 4 is 5.91 Å². The first kappa shape index (κ1) is 16.8. The zero-order chi connectivity index (χ0) is 16.9. The first-order valence-electron chi connectivity index (χ1n) is 8.76. The van der Waals surface area contributed by atoms with Crippen LogP contribution in [0.3, 0.4) is 0 Å². The summed E-state index contributed by atoms with van der Waals surface area (Å²) in [5, 5.41) is 10.1. The molecule has 1 fully saturated rings. The van der Waals surface area contributed by atoms with Crippen LogP contribution in [-0.4, -0.2) is 40.6 Å². The van der Waals surface area contributed by atoms with E-state index in [0.717, 1.165) is 24.5 Å². The van der Waals surface area contributed by atoms with Crippen LogP contribution in [-0.2, 0) is 0 Å². The summed E-state index contributed by atoms with van der Waals surface area (Å²) >= 11 is 0. The number of nitrogens with zero attached hydrogens (tertiary/aromatic N) is 2. The molecule has 1 saturated heterocycles. The number of carbonyl (C=O) groups excluding carboxylic acids is 1. The van der Waals surface area contributed by atoms with Crippen LogP contribution in [0.5, 0.6) is 0 Å². The predicted octanol–water partition coefficient (Wildman–Crippen LogP) is 3.08. The van der Waals surface area contributed by atoms with Crippen molar-refractivity contribution in [1.29, 1.82) is 0 Å². The van der Waals surface area contributed by atoms with Crippen molar-refractivity contribution in [1.82, 2.24) is 20.4 Å². The number of H-pyrrole nitrogens is 1. The average molecular weight is 330 g/mol. The smallest absolute Gasteiger partial charge is 0.271 e. The monoisotopic (exact) mass is 330 g/mol. The van der Waals surface area contributed by atoms with Crippen LogP contribution in [0.25, 0.3) is 0 Å². The highest BCUT2D eigenvalue weighted by molar-refractivity contribution is 5.92. The van der Waals surface area contributed by atoms with Gasteiger partial charge in [0, 0.05) is 12.2 Å². The topological polar surface area (TPSA) is 74.2 Å². The number of hydrogen-bond donors (Lipinski definition) is 2. The normalized spacial score (nSPS) is 17.1. The molecule has 1 unspecified atom stereocenters. The number of furan rings is 1. The summed E-state index contributed by atoms with van der Waals surface area (Å²) < 4.78 is 5.61. The van der Waals surface area contributed by atoms with E-state index in [0.29, 0.717) is 18.2 Å². The van der Waals surface area contributed by atoms with E-state index in [9.17, 15) is 4.79 Å². The van der Waals surface area contributed by atoms with Gasteiger partial charge >= 0.3 is 0 Å². The van der Waals surface area contributed by atoms with Gasteiger partial charge in [-0.3, -0.25) is 14.8 Å². The van der Waals surface area contributed by atoms with Gasteiger partial charge in [0.05, 0.1) is 12.3 Å². The second-order valence-electron chi connectivity index (χ2n) is 6.70. The van der Waals surface area contributed by atoms with E-state index in [-0.39, 0.29) is 11.9 Å². The molecule has 3 rings (SSSR count). The van der Waals surface area contributed by atoms with Crippen LogP contribution in [0.1, 0.15) is 67.0 Å². The number of hydrogen-bond acceptors (Lipinski definition) is 4. The second kappa shape index (κ2) is 7.66. The minimum Gasteiger partial charge on any atom is -0.468 e. The van der Waals surface area contributed by atoms with E-state index < -0.39 is 0 Å². The van der Waals surface area contributed by atoms with Gasteiger partial charge in [0.1, 0.15) is 11.5 Å². The molecule has 0 radical (unpaired) electrons. The SMILES string of the molecule is CC(C)c1cc(C(=O)NCC(c2ccco2)N2CCCCC2)n[nH]1. The van der Waals surface area contributed by atoms with E-state index in [1.54, 1.807) is 6.26 Å². The van der Waals surface area contributed by atoms with Gasteiger partial charge in [-0.2, -0.15) is 5.10 Å². The highest BCUT2D eigenvalue weighted by Crippen LogP contribution is 2.24. The van der Waals surface area contributed by atoms with E-state index >= 15 is 0 Å². The minimum absolute atomic E-state index is 0.0766. The predicted molar refractivity (Wildman–Crippen MR) is 91.9 cm³/mol. The summed E-state index contributed by atoms with van der Waals surface area (Å²) in [7, 11) is 0. The van der Waals surface area contributed by atoms with Crippen molar-refractivity contribution < 1.29 is 9.21 Å². The maximum Gasteiger partial charge on any atom is 0.271 e. The quantitative estimate of drug-likeness (QED) is 0.853. The molecule has 24 heavy (non-hydrogen) atoms. The third kappa shape index (κ3) is 3.87. The molecular formula is C18H26N4O2. The molecule has 2 aromatic rings. The minimum atomic E-state index is -0.147.